The van der Waals surface area contributed by atoms with E-state index in [1.165, 1.54) is 56.9 Å². The largest absolute Gasteiger partial charge is 0.236 e. The number of hydrogen-bond donors (Lipinski definition) is 0. The zero-order valence-corrected chi connectivity index (χ0v) is 21.3. The van der Waals surface area contributed by atoms with Gasteiger partial charge in [0.2, 0.25) is 0 Å². The van der Waals surface area contributed by atoms with Crippen LogP contribution in [0.15, 0.2) is 36.7 Å². The van der Waals surface area contributed by atoms with Crippen molar-refractivity contribution < 1.29 is 8.78 Å². The van der Waals surface area contributed by atoms with Gasteiger partial charge in [-0.2, -0.15) is 0 Å². The van der Waals surface area contributed by atoms with Crippen LogP contribution in [0.3, 0.4) is 0 Å². The fraction of sp³-hybridized carbons (Fsp3) is 0.484. The summed E-state index contributed by atoms with van der Waals surface area (Å²) in [6, 6.07) is 7.93. The number of nitrogens with zero attached hydrogens (tertiary/aromatic N) is 2. The summed E-state index contributed by atoms with van der Waals surface area (Å²) in [5.41, 5.74) is 5.58. The fourth-order valence-electron chi connectivity index (χ4n) is 5.16. The summed E-state index contributed by atoms with van der Waals surface area (Å²) < 4.78 is 30.4. The monoisotopic (exact) mass is 476 g/mol. The van der Waals surface area contributed by atoms with Crippen molar-refractivity contribution in [3.8, 4) is 22.5 Å². The van der Waals surface area contributed by atoms with Crippen LogP contribution in [0.5, 0.6) is 0 Å². The predicted octanol–water partition coefficient (Wildman–Crippen LogP) is 9.02. The maximum atomic E-state index is 15.2. The molecule has 2 aromatic carbocycles. The normalized spacial score (nSPS) is 12.1. The highest BCUT2D eigenvalue weighted by Crippen LogP contribution is 2.42. The first kappa shape index (κ1) is 25.5. The van der Waals surface area contributed by atoms with Gasteiger partial charge in [-0.3, -0.25) is 0 Å². The van der Waals surface area contributed by atoms with Crippen LogP contribution >= 0.6 is 0 Å². The Bertz CT molecular complexity index is 1120. The first-order chi connectivity index (χ1) is 17.1. The molecule has 3 aromatic rings. The van der Waals surface area contributed by atoms with E-state index in [1.807, 2.05) is 6.07 Å². The topological polar surface area (TPSA) is 25.8 Å². The van der Waals surface area contributed by atoms with Crippen LogP contribution in [0, 0.1) is 11.6 Å². The third-order valence-corrected chi connectivity index (χ3v) is 7.19. The molecule has 2 nitrogen and oxygen atoms in total. The molecule has 1 aliphatic carbocycles. The number of fused-ring (bicyclic) bond motifs is 3. The van der Waals surface area contributed by atoms with Crippen LogP contribution in [0.25, 0.3) is 22.5 Å². The smallest absolute Gasteiger partial charge is 0.170 e. The lowest BCUT2D eigenvalue weighted by Gasteiger charge is -2.10. The standard InChI is InChI=1S/C31H38F2N2/c1-3-5-7-8-9-10-12-14-23-20-34-31(35-21-23)27-19-25-18-24-17-22(13-11-6-4-2)15-16-26(24)28(25)30(33)29(27)32/h15-17,19-21H,3-14,18H2,1-2H3. The maximum absolute atomic E-state index is 15.2. The number of aromatic nitrogens is 2. The number of rotatable bonds is 13. The van der Waals surface area contributed by atoms with Crippen LogP contribution in [0.2, 0.25) is 0 Å². The lowest BCUT2D eigenvalue weighted by molar-refractivity contribution is 0.512. The summed E-state index contributed by atoms with van der Waals surface area (Å²) in [7, 11) is 0. The number of halogens is 2. The average molecular weight is 477 g/mol. The van der Waals surface area contributed by atoms with Gasteiger partial charge in [-0.25, -0.2) is 18.7 Å². The Morgan fingerprint density at radius 3 is 2.03 bits per heavy atom. The van der Waals surface area contributed by atoms with Crippen LogP contribution in [-0.2, 0) is 19.3 Å². The van der Waals surface area contributed by atoms with Crippen LogP contribution in [-0.4, -0.2) is 9.97 Å². The zero-order valence-electron chi connectivity index (χ0n) is 21.3. The molecule has 0 spiro atoms. The van der Waals surface area contributed by atoms with Crippen molar-refractivity contribution in [1.82, 2.24) is 9.97 Å². The second-order valence-corrected chi connectivity index (χ2v) is 10.00. The first-order valence-electron chi connectivity index (χ1n) is 13.6. The van der Waals surface area contributed by atoms with E-state index in [4.69, 9.17) is 0 Å². The van der Waals surface area contributed by atoms with E-state index in [0.29, 0.717) is 12.0 Å². The number of unbranched alkanes of at least 4 members (excludes halogenated alkanes) is 8. The summed E-state index contributed by atoms with van der Waals surface area (Å²) in [4.78, 5) is 8.81. The van der Waals surface area contributed by atoms with E-state index in [9.17, 15) is 0 Å². The molecule has 1 aliphatic rings. The van der Waals surface area contributed by atoms with Crippen LogP contribution < -0.4 is 0 Å². The van der Waals surface area contributed by atoms with Gasteiger partial charge in [-0.1, -0.05) is 83.4 Å². The molecule has 186 valence electrons. The highest BCUT2D eigenvalue weighted by molar-refractivity contribution is 5.80. The number of benzene rings is 2. The Kier molecular flexibility index (Phi) is 9.01. The highest BCUT2D eigenvalue weighted by Gasteiger charge is 2.27. The molecule has 0 atom stereocenters. The molecule has 35 heavy (non-hydrogen) atoms. The molecule has 0 fully saturated rings. The Labute approximate surface area is 209 Å². The van der Waals surface area contributed by atoms with E-state index in [0.717, 1.165) is 47.9 Å². The number of aryl methyl sites for hydroxylation is 2. The van der Waals surface area contributed by atoms with Gasteiger partial charge >= 0.3 is 0 Å². The predicted molar refractivity (Wildman–Crippen MR) is 141 cm³/mol. The molecular formula is C31H38F2N2. The van der Waals surface area contributed by atoms with E-state index < -0.39 is 11.6 Å². The molecule has 0 unspecified atom stereocenters. The average Bonchev–Trinajstić information content (AvgIpc) is 3.24. The molecule has 1 aromatic heterocycles. The van der Waals surface area contributed by atoms with Crippen LogP contribution in [0.1, 0.15) is 100 Å². The van der Waals surface area contributed by atoms with E-state index >= 15 is 8.78 Å². The molecule has 0 radical (unpaired) electrons. The molecule has 0 saturated heterocycles. The Morgan fingerprint density at radius 2 is 1.29 bits per heavy atom. The van der Waals surface area contributed by atoms with E-state index in [2.05, 4.69) is 35.9 Å². The molecule has 0 saturated carbocycles. The van der Waals surface area contributed by atoms with Gasteiger partial charge in [0.15, 0.2) is 17.5 Å². The molecule has 0 N–H and O–H groups in total. The highest BCUT2D eigenvalue weighted by atomic mass is 19.2. The second kappa shape index (κ2) is 12.4. The van der Waals surface area contributed by atoms with Gasteiger partial charge in [-0.05, 0) is 66.0 Å². The minimum atomic E-state index is -0.858. The van der Waals surface area contributed by atoms with Crippen molar-refractivity contribution in [3.63, 3.8) is 0 Å². The van der Waals surface area contributed by atoms with Gasteiger partial charge < -0.3 is 0 Å². The van der Waals surface area contributed by atoms with Gasteiger partial charge in [0, 0.05) is 18.0 Å². The lowest BCUT2D eigenvalue weighted by atomic mass is 9.99. The van der Waals surface area contributed by atoms with Crippen molar-refractivity contribution in [2.24, 2.45) is 0 Å². The van der Waals surface area contributed by atoms with Gasteiger partial charge in [0.05, 0.1) is 5.56 Å². The molecule has 0 bridgehead atoms. The second-order valence-electron chi connectivity index (χ2n) is 10.00. The first-order valence-corrected chi connectivity index (χ1v) is 13.6. The minimum Gasteiger partial charge on any atom is -0.236 e. The van der Waals surface area contributed by atoms with E-state index in [-0.39, 0.29) is 11.4 Å². The van der Waals surface area contributed by atoms with Gasteiger partial charge in [0.1, 0.15) is 0 Å². The molecule has 0 aliphatic heterocycles. The quantitative estimate of drug-likeness (QED) is 0.180. The van der Waals surface area contributed by atoms with Gasteiger partial charge in [0.25, 0.3) is 0 Å². The number of hydrogen-bond acceptors (Lipinski definition) is 2. The zero-order chi connectivity index (χ0) is 24.6. The van der Waals surface area contributed by atoms with Crippen molar-refractivity contribution in [2.45, 2.75) is 97.3 Å². The van der Waals surface area contributed by atoms with E-state index in [1.54, 1.807) is 18.5 Å². The summed E-state index contributed by atoms with van der Waals surface area (Å²) in [6.45, 7) is 4.43. The summed E-state index contributed by atoms with van der Waals surface area (Å²) in [5, 5.41) is 0. The van der Waals surface area contributed by atoms with Crippen LogP contribution in [0.4, 0.5) is 8.78 Å². The van der Waals surface area contributed by atoms with Crippen molar-refractivity contribution in [3.05, 3.63) is 70.5 Å². The Morgan fingerprint density at radius 1 is 0.657 bits per heavy atom. The lowest BCUT2D eigenvalue weighted by Crippen LogP contribution is -2.00. The Hall–Kier alpha value is -2.62. The van der Waals surface area contributed by atoms with Crippen molar-refractivity contribution in [1.29, 1.82) is 0 Å². The van der Waals surface area contributed by atoms with Crippen molar-refractivity contribution >= 4 is 0 Å². The SMILES string of the molecule is CCCCCCCCCc1cnc(-c2cc3c(c(F)c2F)-c2ccc(CCCCC)cc2C3)nc1. The third-order valence-electron chi connectivity index (χ3n) is 7.19. The Balaban J connectivity index is 1.43. The summed E-state index contributed by atoms with van der Waals surface area (Å²) >= 11 is 0. The molecule has 4 rings (SSSR count). The van der Waals surface area contributed by atoms with Crippen molar-refractivity contribution in [2.75, 3.05) is 0 Å². The summed E-state index contributed by atoms with van der Waals surface area (Å²) in [6.07, 6.45) is 18.4. The minimum absolute atomic E-state index is 0.152. The summed E-state index contributed by atoms with van der Waals surface area (Å²) in [5.74, 6) is -1.39. The third kappa shape index (κ3) is 6.15. The molecule has 0 amide bonds. The molecular weight excluding hydrogens is 438 g/mol. The molecule has 1 heterocycles. The van der Waals surface area contributed by atoms with Gasteiger partial charge in [-0.15, -0.1) is 0 Å². The fourth-order valence-corrected chi connectivity index (χ4v) is 5.16. The maximum Gasteiger partial charge on any atom is 0.170 e. The molecule has 4 heteroatoms.